The summed E-state index contributed by atoms with van der Waals surface area (Å²) in [5, 5.41) is 20.3. The average molecular weight is 254 g/mol. The van der Waals surface area contributed by atoms with E-state index in [0.29, 0.717) is 12.1 Å². The van der Waals surface area contributed by atoms with E-state index in [0.717, 1.165) is 44.7 Å². The first-order valence-corrected chi connectivity index (χ1v) is 6.66. The lowest BCUT2D eigenvalue weighted by molar-refractivity contribution is -0.0103. The van der Waals surface area contributed by atoms with Crippen LogP contribution in [0.4, 0.5) is 0 Å². The largest absolute Gasteiger partial charge is 0.396 e. The quantitative estimate of drug-likeness (QED) is 0.699. The van der Waals surface area contributed by atoms with Gasteiger partial charge in [-0.3, -0.25) is 4.68 Å². The molecule has 18 heavy (non-hydrogen) atoms. The van der Waals surface area contributed by atoms with Gasteiger partial charge in [0.25, 0.3) is 0 Å². The molecule has 1 aromatic heterocycles. The van der Waals surface area contributed by atoms with Crippen LogP contribution in [0.3, 0.4) is 0 Å². The topological polar surface area (TPSA) is 72.2 Å². The van der Waals surface area contributed by atoms with E-state index in [-0.39, 0.29) is 6.61 Å². The Morgan fingerprint density at radius 1 is 1.56 bits per heavy atom. The van der Waals surface area contributed by atoms with Crippen LogP contribution in [0.15, 0.2) is 6.20 Å². The molecular weight excluding hydrogens is 232 g/mol. The number of nitrogens with zero attached hydrogens (tertiary/aromatic N) is 3. The number of hydrogen-bond acceptors (Lipinski definition) is 5. The van der Waals surface area contributed by atoms with E-state index in [9.17, 15) is 0 Å². The molecule has 0 radical (unpaired) electrons. The standard InChI is InChI=1S/C12H22N4O2/c1-2-18-12-6-10(7-12)13-8-11-9-16(15-14-11)4-3-5-17/h9-10,12-13,17H,2-8H2,1H3. The third-order valence-corrected chi connectivity index (χ3v) is 3.20. The van der Waals surface area contributed by atoms with Crippen molar-refractivity contribution in [1.82, 2.24) is 20.3 Å². The third-order valence-electron chi connectivity index (χ3n) is 3.20. The third kappa shape index (κ3) is 3.76. The average Bonchev–Trinajstić information content (AvgIpc) is 2.77. The summed E-state index contributed by atoms with van der Waals surface area (Å²) in [6.07, 6.45) is 5.27. The molecule has 1 aliphatic carbocycles. The van der Waals surface area contributed by atoms with Crippen molar-refractivity contribution in [2.75, 3.05) is 13.2 Å². The molecule has 6 nitrogen and oxygen atoms in total. The lowest BCUT2D eigenvalue weighted by Gasteiger charge is -2.35. The smallest absolute Gasteiger partial charge is 0.0964 e. The zero-order valence-electron chi connectivity index (χ0n) is 10.9. The Kier molecular flexibility index (Phi) is 5.10. The normalized spacial score (nSPS) is 23.0. The number of rotatable bonds is 8. The molecule has 0 spiro atoms. The van der Waals surface area contributed by atoms with Crippen molar-refractivity contribution in [3.05, 3.63) is 11.9 Å². The second kappa shape index (κ2) is 6.82. The Labute approximate surface area is 107 Å². The number of aromatic nitrogens is 3. The molecule has 1 saturated carbocycles. The highest BCUT2D eigenvalue weighted by molar-refractivity contribution is 4.94. The maximum atomic E-state index is 8.73. The van der Waals surface area contributed by atoms with E-state index in [1.807, 2.05) is 13.1 Å². The molecule has 2 rings (SSSR count). The Morgan fingerprint density at radius 2 is 2.39 bits per heavy atom. The van der Waals surface area contributed by atoms with Gasteiger partial charge in [-0.25, -0.2) is 0 Å². The first kappa shape index (κ1) is 13.5. The lowest BCUT2D eigenvalue weighted by Crippen LogP contribution is -2.45. The monoisotopic (exact) mass is 254 g/mol. The van der Waals surface area contributed by atoms with Gasteiger partial charge in [0.05, 0.1) is 11.8 Å². The predicted octanol–water partition coefficient (Wildman–Crippen LogP) is 0.318. The van der Waals surface area contributed by atoms with Gasteiger partial charge >= 0.3 is 0 Å². The summed E-state index contributed by atoms with van der Waals surface area (Å²) in [6, 6.07) is 0.546. The molecule has 0 bridgehead atoms. The summed E-state index contributed by atoms with van der Waals surface area (Å²) in [5.41, 5.74) is 0.952. The van der Waals surface area contributed by atoms with Crippen molar-refractivity contribution in [3.63, 3.8) is 0 Å². The minimum Gasteiger partial charge on any atom is -0.396 e. The van der Waals surface area contributed by atoms with Crippen molar-refractivity contribution in [3.8, 4) is 0 Å². The second-order valence-corrected chi connectivity index (χ2v) is 4.68. The molecule has 0 amide bonds. The summed E-state index contributed by atoms with van der Waals surface area (Å²) < 4.78 is 7.29. The maximum absolute atomic E-state index is 8.73. The summed E-state index contributed by atoms with van der Waals surface area (Å²) >= 11 is 0. The first-order valence-electron chi connectivity index (χ1n) is 6.66. The zero-order valence-corrected chi connectivity index (χ0v) is 10.9. The van der Waals surface area contributed by atoms with E-state index < -0.39 is 0 Å². The number of aliphatic hydroxyl groups is 1. The van der Waals surface area contributed by atoms with Crippen molar-refractivity contribution in [2.45, 2.75) is 51.4 Å². The fourth-order valence-corrected chi connectivity index (χ4v) is 2.11. The number of ether oxygens (including phenoxy) is 1. The van der Waals surface area contributed by atoms with Crippen LogP contribution in [0, 0.1) is 0 Å². The van der Waals surface area contributed by atoms with E-state index in [1.165, 1.54) is 0 Å². The summed E-state index contributed by atoms with van der Waals surface area (Å²) in [6.45, 7) is 4.50. The van der Waals surface area contributed by atoms with Gasteiger partial charge in [0, 0.05) is 38.5 Å². The minimum atomic E-state index is 0.189. The second-order valence-electron chi connectivity index (χ2n) is 4.68. The first-order chi connectivity index (χ1) is 8.81. The number of nitrogens with one attached hydrogen (secondary N) is 1. The van der Waals surface area contributed by atoms with Crippen molar-refractivity contribution in [2.24, 2.45) is 0 Å². The van der Waals surface area contributed by atoms with Crippen LogP contribution in [-0.4, -0.2) is 45.5 Å². The zero-order chi connectivity index (χ0) is 12.8. The summed E-state index contributed by atoms with van der Waals surface area (Å²) in [7, 11) is 0. The van der Waals surface area contributed by atoms with E-state index in [2.05, 4.69) is 15.6 Å². The minimum absolute atomic E-state index is 0.189. The fraction of sp³-hybridized carbons (Fsp3) is 0.833. The summed E-state index contributed by atoms with van der Waals surface area (Å²) in [4.78, 5) is 0. The molecule has 1 aliphatic rings. The van der Waals surface area contributed by atoms with Crippen LogP contribution in [0.1, 0.15) is 31.9 Å². The fourth-order valence-electron chi connectivity index (χ4n) is 2.11. The molecule has 0 saturated heterocycles. The highest BCUT2D eigenvalue weighted by Crippen LogP contribution is 2.23. The molecule has 1 aromatic rings. The SMILES string of the molecule is CCOC1CC(NCc2cn(CCCO)nn2)C1. The van der Waals surface area contributed by atoms with Gasteiger partial charge in [0.2, 0.25) is 0 Å². The molecule has 0 atom stereocenters. The van der Waals surface area contributed by atoms with Gasteiger partial charge in [-0.2, -0.15) is 0 Å². The Morgan fingerprint density at radius 3 is 3.11 bits per heavy atom. The molecule has 0 aliphatic heterocycles. The predicted molar refractivity (Wildman–Crippen MR) is 67.0 cm³/mol. The van der Waals surface area contributed by atoms with E-state index >= 15 is 0 Å². The van der Waals surface area contributed by atoms with Gasteiger partial charge in [-0.15, -0.1) is 5.10 Å². The van der Waals surface area contributed by atoms with Crippen molar-refractivity contribution < 1.29 is 9.84 Å². The Hall–Kier alpha value is -0.980. The molecular formula is C12H22N4O2. The van der Waals surface area contributed by atoms with E-state index in [4.69, 9.17) is 9.84 Å². The maximum Gasteiger partial charge on any atom is 0.0964 e. The van der Waals surface area contributed by atoms with Gasteiger partial charge in [-0.05, 0) is 26.2 Å². The highest BCUT2D eigenvalue weighted by atomic mass is 16.5. The number of aryl methyl sites for hydroxylation is 1. The highest BCUT2D eigenvalue weighted by Gasteiger charge is 2.28. The van der Waals surface area contributed by atoms with Crippen LogP contribution in [0.2, 0.25) is 0 Å². The molecule has 102 valence electrons. The van der Waals surface area contributed by atoms with Gasteiger partial charge in [-0.1, -0.05) is 5.21 Å². The molecule has 1 fully saturated rings. The van der Waals surface area contributed by atoms with Crippen LogP contribution in [0.25, 0.3) is 0 Å². The molecule has 0 aromatic carbocycles. The molecule has 0 unspecified atom stereocenters. The molecule has 2 N–H and O–H groups in total. The van der Waals surface area contributed by atoms with E-state index in [1.54, 1.807) is 4.68 Å². The summed E-state index contributed by atoms with van der Waals surface area (Å²) in [5.74, 6) is 0. The van der Waals surface area contributed by atoms with Crippen LogP contribution < -0.4 is 5.32 Å². The Bertz CT molecular complexity index is 350. The number of aliphatic hydroxyl groups excluding tert-OH is 1. The van der Waals surface area contributed by atoms with Crippen molar-refractivity contribution in [1.29, 1.82) is 0 Å². The van der Waals surface area contributed by atoms with Crippen LogP contribution in [-0.2, 0) is 17.8 Å². The van der Waals surface area contributed by atoms with Crippen LogP contribution >= 0.6 is 0 Å². The lowest BCUT2D eigenvalue weighted by atomic mass is 9.89. The molecule has 6 heteroatoms. The van der Waals surface area contributed by atoms with Crippen LogP contribution in [0.5, 0.6) is 0 Å². The Balaban J connectivity index is 1.63. The number of hydrogen-bond donors (Lipinski definition) is 2. The van der Waals surface area contributed by atoms with Crippen molar-refractivity contribution >= 4 is 0 Å². The van der Waals surface area contributed by atoms with Gasteiger partial charge in [0.15, 0.2) is 0 Å². The van der Waals surface area contributed by atoms with Gasteiger partial charge < -0.3 is 15.2 Å². The molecule has 1 heterocycles. The van der Waals surface area contributed by atoms with Gasteiger partial charge in [0.1, 0.15) is 0 Å².